The van der Waals surface area contributed by atoms with E-state index in [0.717, 1.165) is 12.8 Å². The van der Waals surface area contributed by atoms with Crippen molar-refractivity contribution in [1.29, 1.82) is 0 Å². The van der Waals surface area contributed by atoms with Gasteiger partial charge in [0.05, 0.1) is 0 Å². The minimum atomic E-state index is 0.00963. The molecule has 0 N–H and O–H groups in total. The molecule has 25 heavy (non-hydrogen) atoms. The van der Waals surface area contributed by atoms with Crippen LogP contribution in [0.15, 0.2) is 71.9 Å². The van der Waals surface area contributed by atoms with Gasteiger partial charge < -0.3 is 0 Å². The molecule has 2 nitrogen and oxygen atoms in total. The summed E-state index contributed by atoms with van der Waals surface area (Å²) in [7, 11) is 0. The summed E-state index contributed by atoms with van der Waals surface area (Å²) in [4.78, 5) is 11.4. The highest BCUT2D eigenvalue weighted by Crippen LogP contribution is 2.56. The molecule has 0 atom stereocenters. The number of rotatable bonds is 4. The molecular weight excluding hydrogens is 344 g/mol. The van der Waals surface area contributed by atoms with Crippen LogP contribution in [-0.2, 0) is 18.3 Å². The lowest BCUT2D eigenvalue weighted by molar-refractivity contribution is 0.538. The maximum absolute atomic E-state index is 4.19. The van der Waals surface area contributed by atoms with Crippen LogP contribution in [0.25, 0.3) is 11.1 Å². The van der Waals surface area contributed by atoms with Crippen molar-refractivity contribution < 1.29 is 0 Å². The van der Waals surface area contributed by atoms with Crippen LogP contribution in [-0.4, -0.2) is 9.97 Å². The molecule has 0 amide bonds. The summed E-state index contributed by atoms with van der Waals surface area (Å²) in [5, 5.41) is 4.47. The van der Waals surface area contributed by atoms with Crippen molar-refractivity contribution in [3.05, 3.63) is 92.8 Å². The molecule has 122 valence electrons. The highest BCUT2D eigenvalue weighted by atomic mass is 32.1. The minimum absolute atomic E-state index is 0.00963. The standard InChI is InChI=1S/C21H16N2S2/c1-7-22-8-2-15(1)13-21(14-16-3-9-23-10-4-16)19-17(5-11-24-19)18-6-12-25-20(18)21/h1-12H,13-14H2. The topological polar surface area (TPSA) is 25.8 Å². The van der Waals surface area contributed by atoms with Crippen LogP contribution in [0.5, 0.6) is 0 Å². The van der Waals surface area contributed by atoms with Gasteiger partial charge in [0, 0.05) is 40.0 Å². The Morgan fingerprint density at radius 1 is 0.640 bits per heavy atom. The maximum Gasteiger partial charge on any atom is 0.0483 e. The molecule has 0 saturated heterocycles. The van der Waals surface area contributed by atoms with E-state index in [1.165, 1.54) is 32.0 Å². The van der Waals surface area contributed by atoms with Crippen molar-refractivity contribution >= 4 is 22.7 Å². The Hall–Kier alpha value is -2.30. The Labute approximate surface area is 154 Å². The zero-order chi connectivity index (χ0) is 16.7. The third kappa shape index (κ3) is 2.36. The van der Waals surface area contributed by atoms with Crippen molar-refractivity contribution in [3.63, 3.8) is 0 Å². The molecule has 4 heteroatoms. The van der Waals surface area contributed by atoms with Crippen molar-refractivity contribution in [3.8, 4) is 11.1 Å². The lowest BCUT2D eigenvalue weighted by atomic mass is 9.76. The van der Waals surface area contributed by atoms with Gasteiger partial charge in [0.25, 0.3) is 0 Å². The molecule has 1 aliphatic rings. The van der Waals surface area contributed by atoms with Gasteiger partial charge in [-0.1, -0.05) is 0 Å². The van der Waals surface area contributed by atoms with Crippen molar-refractivity contribution in [2.45, 2.75) is 18.3 Å². The number of hydrogen-bond acceptors (Lipinski definition) is 4. The third-order valence-corrected chi connectivity index (χ3v) is 7.24. The van der Waals surface area contributed by atoms with E-state index in [9.17, 15) is 0 Å². The maximum atomic E-state index is 4.19. The molecule has 0 aromatic carbocycles. The second kappa shape index (κ2) is 5.90. The highest BCUT2D eigenvalue weighted by Gasteiger charge is 2.45. The van der Waals surface area contributed by atoms with Crippen molar-refractivity contribution in [2.75, 3.05) is 0 Å². The Morgan fingerprint density at radius 2 is 1.08 bits per heavy atom. The molecule has 4 heterocycles. The molecule has 0 spiro atoms. The largest absolute Gasteiger partial charge is 0.265 e. The van der Waals surface area contributed by atoms with Gasteiger partial charge in [-0.2, -0.15) is 0 Å². The summed E-state index contributed by atoms with van der Waals surface area (Å²) in [6.07, 6.45) is 9.59. The van der Waals surface area contributed by atoms with Gasteiger partial charge in [-0.3, -0.25) is 9.97 Å². The van der Waals surface area contributed by atoms with Gasteiger partial charge in [-0.15, -0.1) is 22.7 Å². The average molecular weight is 361 g/mol. The van der Waals surface area contributed by atoms with Gasteiger partial charge in [0.1, 0.15) is 0 Å². The van der Waals surface area contributed by atoms with Gasteiger partial charge in [-0.25, -0.2) is 0 Å². The minimum Gasteiger partial charge on any atom is -0.265 e. The van der Waals surface area contributed by atoms with Crippen LogP contribution >= 0.6 is 22.7 Å². The highest BCUT2D eigenvalue weighted by molar-refractivity contribution is 7.13. The fourth-order valence-electron chi connectivity index (χ4n) is 3.97. The van der Waals surface area contributed by atoms with Crippen LogP contribution in [0.4, 0.5) is 0 Å². The van der Waals surface area contributed by atoms with E-state index >= 15 is 0 Å². The number of pyridine rings is 2. The van der Waals surface area contributed by atoms with Crippen LogP contribution in [0.3, 0.4) is 0 Å². The van der Waals surface area contributed by atoms with Crippen LogP contribution in [0, 0.1) is 0 Å². The SMILES string of the molecule is c1cc(CC2(Cc3ccncc3)c3sccc3-c3ccsc32)ccn1. The van der Waals surface area contributed by atoms with E-state index in [1.54, 1.807) is 0 Å². The number of hydrogen-bond donors (Lipinski definition) is 0. The zero-order valence-electron chi connectivity index (χ0n) is 13.6. The summed E-state index contributed by atoms with van der Waals surface area (Å²) in [5.74, 6) is 0. The van der Waals surface area contributed by atoms with E-state index in [-0.39, 0.29) is 5.41 Å². The first-order valence-corrected chi connectivity index (χ1v) is 10.1. The van der Waals surface area contributed by atoms with Gasteiger partial charge in [0.15, 0.2) is 0 Å². The fourth-order valence-corrected chi connectivity index (χ4v) is 6.27. The van der Waals surface area contributed by atoms with Crippen LogP contribution in [0.2, 0.25) is 0 Å². The molecule has 0 unspecified atom stereocenters. The average Bonchev–Trinajstić information content (AvgIpc) is 3.35. The molecule has 5 rings (SSSR count). The first-order chi connectivity index (χ1) is 12.4. The Morgan fingerprint density at radius 3 is 1.52 bits per heavy atom. The molecule has 0 fully saturated rings. The molecule has 1 aliphatic carbocycles. The number of fused-ring (bicyclic) bond motifs is 3. The molecule has 0 saturated carbocycles. The second-order valence-corrected chi connectivity index (χ2v) is 8.31. The quantitative estimate of drug-likeness (QED) is 0.490. The third-order valence-electron chi connectivity index (χ3n) is 5.00. The Bertz CT molecular complexity index is 919. The number of nitrogens with zero attached hydrogens (tertiary/aromatic N) is 2. The monoisotopic (exact) mass is 360 g/mol. The predicted octanol–water partition coefficient (Wildman–Crippen LogP) is 5.35. The van der Waals surface area contributed by atoms with Crippen molar-refractivity contribution in [2.24, 2.45) is 0 Å². The first-order valence-electron chi connectivity index (χ1n) is 8.31. The number of thiophene rings is 2. The molecule has 0 radical (unpaired) electrons. The molecule has 0 bridgehead atoms. The molecule has 4 aromatic rings. The zero-order valence-corrected chi connectivity index (χ0v) is 15.2. The van der Waals surface area contributed by atoms with E-state index in [4.69, 9.17) is 0 Å². The van der Waals surface area contributed by atoms with Crippen LogP contribution in [0.1, 0.15) is 20.9 Å². The number of aromatic nitrogens is 2. The summed E-state index contributed by atoms with van der Waals surface area (Å²) in [5.41, 5.74) is 5.53. The van der Waals surface area contributed by atoms with Gasteiger partial charge >= 0.3 is 0 Å². The fraction of sp³-hybridized carbons (Fsp3) is 0.143. The van der Waals surface area contributed by atoms with Crippen molar-refractivity contribution in [1.82, 2.24) is 9.97 Å². The molecular formula is C21H16N2S2. The van der Waals surface area contributed by atoms with Crippen LogP contribution < -0.4 is 0 Å². The lowest BCUT2D eigenvalue weighted by Crippen LogP contribution is -2.29. The molecule has 4 aromatic heterocycles. The summed E-state index contributed by atoms with van der Waals surface area (Å²) >= 11 is 3.79. The predicted molar refractivity (Wildman–Crippen MR) is 104 cm³/mol. The Balaban J connectivity index is 1.70. The van der Waals surface area contributed by atoms with E-state index in [2.05, 4.69) is 57.1 Å². The second-order valence-electron chi connectivity index (χ2n) is 6.47. The van der Waals surface area contributed by atoms with E-state index in [0.29, 0.717) is 0 Å². The van der Waals surface area contributed by atoms with E-state index < -0.39 is 0 Å². The summed E-state index contributed by atoms with van der Waals surface area (Å²) < 4.78 is 0. The van der Waals surface area contributed by atoms with E-state index in [1.807, 2.05) is 47.5 Å². The summed E-state index contributed by atoms with van der Waals surface area (Å²) in [6, 6.07) is 13.2. The summed E-state index contributed by atoms with van der Waals surface area (Å²) in [6.45, 7) is 0. The lowest BCUT2D eigenvalue weighted by Gasteiger charge is -2.30. The smallest absolute Gasteiger partial charge is 0.0483 e. The normalized spacial score (nSPS) is 14.2. The molecule has 0 aliphatic heterocycles. The van der Waals surface area contributed by atoms with Gasteiger partial charge in [-0.05, 0) is 82.3 Å². The first kappa shape index (κ1) is 15.0. The Kier molecular flexibility index (Phi) is 3.54. The van der Waals surface area contributed by atoms with Gasteiger partial charge in [0.2, 0.25) is 0 Å².